The summed E-state index contributed by atoms with van der Waals surface area (Å²) in [7, 11) is 0. The molecule has 1 saturated heterocycles. The normalized spacial score (nSPS) is 29.8. The predicted molar refractivity (Wildman–Crippen MR) is 146 cm³/mol. The predicted octanol–water partition coefficient (Wildman–Crippen LogP) is -0.0405. The average molecular weight is 562 g/mol. The Morgan fingerprint density at radius 1 is 0.902 bits per heavy atom. The number of ether oxygens (including phenoxy) is 1. The third-order valence-corrected chi connectivity index (χ3v) is 8.16. The summed E-state index contributed by atoms with van der Waals surface area (Å²) >= 11 is 0. The SMILES string of the molecule is O=c1[nH]c(NC2c3c(ccc4c3ccc3ccccc34)C(O)C(O)C2O)nc2c1ncn2[C@@H]1O[C@H](CO)[C@@H](O)[C@H]1O. The van der Waals surface area contributed by atoms with Crippen molar-refractivity contribution >= 4 is 38.7 Å². The topological polar surface area (TPSA) is 206 Å². The largest absolute Gasteiger partial charge is 0.394 e. The molecule has 0 saturated carbocycles. The Balaban J connectivity index is 1.35. The van der Waals surface area contributed by atoms with Crippen molar-refractivity contribution in [2.45, 2.75) is 48.9 Å². The second-order valence-electron chi connectivity index (χ2n) is 10.5. The molecular weight excluding hydrogens is 534 g/mol. The van der Waals surface area contributed by atoms with Crippen LogP contribution in [-0.2, 0) is 4.74 Å². The van der Waals surface area contributed by atoms with Gasteiger partial charge in [0.2, 0.25) is 5.95 Å². The van der Waals surface area contributed by atoms with Crippen LogP contribution in [0.15, 0.2) is 59.7 Å². The number of rotatable bonds is 4. The molecule has 2 aromatic heterocycles. The Hall–Kier alpha value is -3.95. The number of hydrogen-bond acceptors (Lipinski definition) is 11. The quantitative estimate of drug-likeness (QED) is 0.137. The highest BCUT2D eigenvalue weighted by molar-refractivity contribution is 6.09. The highest BCUT2D eigenvalue weighted by atomic mass is 16.6. The average Bonchev–Trinajstić information content (AvgIpc) is 3.53. The van der Waals surface area contributed by atoms with Gasteiger partial charge in [-0.05, 0) is 32.7 Å². The van der Waals surface area contributed by atoms with Crippen LogP contribution in [0.2, 0.25) is 0 Å². The van der Waals surface area contributed by atoms with Gasteiger partial charge in [0, 0.05) is 0 Å². The second kappa shape index (κ2) is 9.56. The van der Waals surface area contributed by atoms with E-state index in [4.69, 9.17) is 4.74 Å². The van der Waals surface area contributed by atoms with Crippen molar-refractivity contribution in [1.29, 1.82) is 0 Å². The molecule has 3 heterocycles. The Kier molecular flexibility index (Phi) is 6.06. The summed E-state index contributed by atoms with van der Waals surface area (Å²) in [6.07, 6.45) is -8.14. The summed E-state index contributed by atoms with van der Waals surface area (Å²) in [4.78, 5) is 24.1. The molecule has 8 N–H and O–H groups in total. The van der Waals surface area contributed by atoms with Crippen LogP contribution in [0.1, 0.15) is 29.5 Å². The molecular formula is C28H27N5O8. The third kappa shape index (κ3) is 3.86. The molecule has 0 spiro atoms. The van der Waals surface area contributed by atoms with E-state index in [1.807, 2.05) is 42.5 Å². The lowest BCUT2D eigenvalue weighted by molar-refractivity contribution is -0.0767. The van der Waals surface area contributed by atoms with Crippen LogP contribution in [0.4, 0.5) is 5.95 Å². The van der Waals surface area contributed by atoms with Crippen molar-refractivity contribution in [2.24, 2.45) is 0 Å². The van der Waals surface area contributed by atoms with E-state index in [1.54, 1.807) is 6.07 Å². The zero-order chi connectivity index (χ0) is 28.6. The summed E-state index contributed by atoms with van der Waals surface area (Å²) in [5.74, 6) is -0.0765. The number of hydrogen-bond donors (Lipinski definition) is 8. The fourth-order valence-corrected chi connectivity index (χ4v) is 6.07. The summed E-state index contributed by atoms with van der Waals surface area (Å²) in [6.45, 7) is -0.529. The van der Waals surface area contributed by atoms with Crippen LogP contribution < -0.4 is 10.9 Å². The van der Waals surface area contributed by atoms with Crippen molar-refractivity contribution < 1.29 is 35.4 Å². The highest BCUT2D eigenvalue weighted by Crippen LogP contribution is 2.43. The van der Waals surface area contributed by atoms with Crippen LogP contribution >= 0.6 is 0 Å². The molecule has 0 radical (unpaired) electrons. The van der Waals surface area contributed by atoms with E-state index in [1.165, 1.54) is 10.9 Å². The van der Waals surface area contributed by atoms with Gasteiger partial charge in [-0.2, -0.15) is 4.98 Å². The number of imidazole rings is 1. The number of fused-ring (bicyclic) bond motifs is 6. The molecule has 13 nitrogen and oxygen atoms in total. The van der Waals surface area contributed by atoms with Crippen molar-refractivity contribution in [3.63, 3.8) is 0 Å². The van der Waals surface area contributed by atoms with Crippen molar-refractivity contribution in [3.05, 3.63) is 76.3 Å². The fourth-order valence-electron chi connectivity index (χ4n) is 6.07. The molecule has 1 fully saturated rings. The maximum atomic E-state index is 13.0. The van der Waals surface area contributed by atoms with Crippen molar-refractivity contribution in [2.75, 3.05) is 11.9 Å². The molecule has 4 unspecified atom stereocenters. The summed E-state index contributed by atoms with van der Waals surface area (Å²) in [5, 5.41) is 69.6. The molecule has 3 aromatic carbocycles. The van der Waals surface area contributed by atoms with E-state index >= 15 is 0 Å². The van der Waals surface area contributed by atoms with E-state index in [0.29, 0.717) is 11.1 Å². The molecule has 8 atom stereocenters. The summed E-state index contributed by atoms with van der Waals surface area (Å²) in [5.41, 5.74) is 0.283. The maximum Gasteiger partial charge on any atom is 0.280 e. The molecule has 0 amide bonds. The maximum absolute atomic E-state index is 13.0. The molecule has 13 heteroatoms. The second-order valence-corrected chi connectivity index (χ2v) is 10.5. The number of H-pyrrole nitrogens is 1. The number of nitrogens with zero attached hydrogens (tertiary/aromatic N) is 3. The van der Waals surface area contributed by atoms with Gasteiger partial charge in [-0.1, -0.05) is 48.5 Å². The zero-order valence-corrected chi connectivity index (χ0v) is 21.4. The van der Waals surface area contributed by atoms with Gasteiger partial charge in [-0.15, -0.1) is 0 Å². The van der Waals surface area contributed by atoms with Gasteiger partial charge < -0.3 is 40.7 Å². The van der Waals surface area contributed by atoms with Gasteiger partial charge in [-0.25, -0.2) is 4.98 Å². The molecule has 7 rings (SSSR count). The number of nitrogens with one attached hydrogen (secondary N) is 2. The van der Waals surface area contributed by atoms with Gasteiger partial charge in [0.15, 0.2) is 17.4 Å². The molecule has 1 aliphatic heterocycles. The number of aliphatic hydroxyl groups excluding tert-OH is 6. The lowest BCUT2D eigenvalue weighted by Crippen LogP contribution is -2.44. The Morgan fingerprint density at radius 2 is 1.68 bits per heavy atom. The minimum Gasteiger partial charge on any atom is -0.394 e. The monoisotopic (exact) mass is 561 g/mol. The highest BCUT2D eigenvalue weighted by Gasteiger charge is 2.45. The van der Waals surface area contributed by atoms with Crippen LogP contribution in [0.5, 0.6) is 0 Å². The van der Waals surface area contributed by atoms with Crippen molar-refractivity contribution in [3.8, 4) is 0 Å². The van der Waals surface area contributed by atoms with E-state index in [0.717, 1.165) is 21.5 Å². The molecule has 41 heavy (non-hydrogen) atoms. The molecule has 212 valence electrons. The third-order valence-electron chi connectivity index (χ3n) is 8.16. The lowest BCUT2D eigenvalue weighted by Gasteiger charge is -2.38. The summed E-state index contributed by atoms with van der Waals surface area (Å²) in [6, 6.07) is 14.2. The molecule has 2 aliphatic rings. The molecule has 5 aromatic rings. The minimum absolute atomic E-state index is 0.0149. The number of aromatic amines is 1. The van der Waals surface area contributed by atoms with Gasteiger partial charge in [0.05, 0.1) is 19.0 Å². The Morgan fingerprint density at radius 3 is 2.46 bits per heavy atom. The number of aromatic nitrogens is 4. The van der Waals surface area contributed by atoms with Gasteiger partial charge >= 0.3 is 0 Å². The van der Waals surface area contributed by atoms with Gasteiger partial charge in [-0.3, -0.25) is 14.3 Å². The van der Waals surface area contributed by atoms with Crippen molar-refractivity contribution in [1.82, 2.24) is 19.5 Å². The first kappa shape index (κ1) is 26.0. The number of aliphatic hydroxyl groups is 6. The van der Waals surface area contributed by atoms with E-state index in [9.17, 15) is 35.4 Å². The smallest absolute Gasteiger partial charge is 0.280 e. The van der Waals surface area contributed by atoms with E-state index in [2.05, 4.69) is 20.3 Å². The first-order valence-electron chi connectivity index (χ1n) is 13.1. The van der Waals surface area contributed by atoms with E-state index < -0.39 is 61.1 Å². The molecule has 0 bridgehead atoms. The Labute approximate surface area is 230 Å². The zero-order valence-electron chi connectivity index (χ0n) is 21.4. The van der Waals surface area contributed by atoms with Gasteiger partial charge in [0.1, 0.15) is 36.6 Å². The fraction of sp³-hybridized carbons (Fsp3) is 0.321. The summed E-state index contributed by atoms with van der Waals surface area (Å²) < 4.78 is 6.87. The van der Waals surface area contributed by atoms with Crippen LogP contribution in [-0.4, -0.2) is 87.3 Å². The number of benzene rings is 3. The number of anilines is 1. The Bertz CT molecular complexity index is 1860. The van der Waals surface area contributed by atoms with E-state index in [-0.39, 0.29) is 17.1 Å². The minimum atomic E-state index is -1.53. The van der Waals surface area contributed by atoms with Crippen LogP contribution in [0, 0.1) is 0 Å². The van der Waals surface area contributed by atoms with Gasteiger partial charge in [0.25, 0.3) is 5.56 Å². The van der Waals surface area contributed by atoms with Crippen LogP contribution in [0.25, 0.3) is 32.7 Å². The standard InChI is InChI=1S/C28H27N5O8/c34-9-16-21(36)24(39)27(41-16)33-10-29-19-25(33)31-28(32-26(19)40)30-18-17-14-6-5-11-3-1-2-4-12(11)13(14)7-8-15(17)20(35)23(38)22(18)37/h1-8,10,16,18,20-24,27,34-39H,9H2,(H2,30,31,32,40)/t16-,18?,20?,21-,22?,23?,24-,27-/m1/s1. The lowest BCUT2D eigenvalue weighted by atomic mass is 9.78. The molecule has 1 aliphatic carbocycles. The van der Waals surface area contributed by atoms with Crippen LogP contribution in [0.3, 0.4) is 0 Å². The first-order chi connectivity index (χ1) is 19.8. The first-order valence-corrected chi connectivity index (χ1v) is 13.1.